The van der Waals surface area contributed by atoms with Gasteiger partial charge in [-0.3, -0.25) is 0 Å². The van der Waals surface area contributed by atoms with Gasteiger partial charge in [0.05, 0.1) is 17.0 Å². The molecule has 0 aliphatic carbocycles. The third kappa shape index (κ3) is 2.37. The number of anilines is 1. The third-order valence-corrected chi connectivity index (χ3v) is 5.61. The summed E-state index contributed by atoms with van der Waals surface area (Å²) in [6, 6.07) is 3.91. The van der Waals surface area contributed by atoms with Crippen LogP contribution in [-0.2, 0) is 15.4 Å². The van der Waals surface area contributed by atoms with Crippen LogP contribution in [0.15, 0.2) is 18.2 Å². The van der Waals surface area contributed by atoms with Crippen LogP contribution in [0.5, 0.6) is 0 Å². The van der Waals surface area contributed by atoms with Crippen molar-refractivity contribution in [1.82, 2.24) is 20.2 Å². The molecule has 1 fully saturated rings. The van der Waals surface area contributed by atoms with Crippen molar-refractivity contribution >= 4 is 15.5 Å². The number of nitrogens with two attached hydrogens (primary N) is 1. The molecule has 7 nitrogen and oxygen atoms in total. The summed E-state index contributed by atoms with van der Waals surface area (Å²) < 4.78 is 38.4. The Bertz CT molecular complexity index is 804. The van der Waals surface area contributed by atoms with Crippen molar-refractivity contribution in [2.75, 3.05) is 17.2 Å². The van der Waals surface area contributed by atoms with E-state index in [4.69, 9.17) is 5.73 Å². The molecule has 1 aromatic heterocycles. The van der Waals surface area contributed by atoms with Crippen molar-refractivity contribution in [3.63, 3.8) is 0 Å². The average molecular weight is 311 g/mol. The second kappa shape index (κ2) is 4.48. The van der Waals surface area contributed by atoms with Gasteiger partial charge in [0, 0.05) is 11.3 Å². The number of halogens is 1. The molecule has 3 rings (SSSR count). The molecule has 0 radical (unpaired) electrons. The number of nitrogen functional groups attached to an aromatic ring is 1. The molecular formula is C12H14FN5O2S. The molecule has 112 valence electrons. The molecule has 0 saturated carbocycles. The average Bonchev–Trinajstić information content (AvgIpc) is 2.98. The Morgan fingerprint density at radius 1 is 1.43 bits per heavy atom. The van der Waals surface area contributed by atoms with Gasteiger partial charge in [0.1, 0.15) is 5.82 Å². The van der Waals surface area contributed by atoms with E-state index in [0.717, 1.165) is 0 Å². The molecule has 0 amide bonds. The summed E-state index contributed by atoms with van der Waals surface area (Å²) in [5.41, 5.74) is 5.78. The predicted molar refractivity (Wildman–Crippen MR) is 74.5 cm³/mol. The van der Waals surface area contributed by atoms with Crippen LogP contribution in [0.3, 0.4) is 0 Å². The van der Waals surface area contributed by atoms with Crippen LogP contribution in [0.2, 0.25) is 0 Å². The zero-order chi connectivity index (χ0) is 15.3. The molecule has 1 aromatic carbocycles. The second-order valence-corrected chi connectivity index (χ2v) is 7.67. The van der Waals surface area contributed by atoms with Crippen molar-refractivity contribution < 1.29 is 12.8 Å². The Kier molecular flexibility index (Phi) is 2.97. The van der Waals surface area contributed by atoms with Crippen LogP contribution < -0.4 is 5.73 Å². The Labute approximate surface area is 120 Å². The SMILES string of the molecule is CC1(n2nnnc2-c2cc(F)ccc2N)CCS(=O)(=O)C1. The lowest BCUT2D eigenvalue weighted by Gasteiger charge is -2.23. The summed E-state index contributed by atoms with van der Waals surface area (Å²) in [6.45, 7) is 1.77. The minimum absolute atomic E-state index is 0.0484. The Morgan fingerprint density at radius 2 is 2.19 bits per heavy atom. The number of hydrogen-bond acceptors (Lipinski definition) is 6. The van der Waals surface area contributed by atoms with Crippen molar-refractivity contribution in [2.24, 2.45) is 0 Å². The van der Waals surface area contributed by atoms with E-state index in [1.807, 2.05) is 0 Å². The Morgan fingerprint density at radius 3 is 2.86 bits per heavy atom. The zero-order valence-electron chi connectivity index (χ0n) is 11.3. The molecule has 9 heteroatoms. The van der Waals surface area contributed by atoms with E-state index in [0.29, 0.717) is 17.7 Å². The molecule has 2 aromatic rings. The van der Waals surface area contributed by atoms with Crippen molar-refractivity contribution in [2.45, 2.75) is 18.9 Å². The van der Waals surface area contributed by atoms with Crippen molar-refractivity contribution in [3.8, 4) is 11.4 Å². The predicted octanol–water partition coefficient (Wildman–Crippen LogP) is 0.595. The molecule has 1 aliphatic heterocycles. The lowest BCUT2D eigenvalue weighted by Crippen LogP contribution is -2.33. The molecule has 0 bridgehead atoms. The lowest BCUT2D eigenvalue weighted by atomic mass is 10.0. The monoisotopic (exact) mass is 311 g/mol. The van der Waals surface area contributed by atoms with Crippen LogP contribution in [0.1, 0.15) is 13.3 Å². The van der Waals surface area contributed by atoms with E-state index in [2.05, 4.69) is 15.5 Å². The highest BCUT2D eigenvalue weighted by Gasteiger charge is 2.42. The molecule has 0 spiro atoms. The highest BCUT2D eigenvalue weighted by molar-refractivity contribution is 7.91. The smallest absolute Gasteiger partial charge is 0.184 e. The third-order valence-electron chi connectivity index (χ3n) is 3.72. The van der Waals surface area contributed by atoms with E-state index in [9.17, 15) is 12.8 Å². The molecule has 2 heterocycles. The van der Waals surface area contributed by atoms with Gasteiger partial charge in [-0.25, -0.2) is 17.5 Å². The van der Waals surface area contributed by atoms with Crippen molar-refractivity contribution in [1.29, 1.82) is 0 Å². The van der Waals surface area contributed by atoms with Gasteiger partial charge < -0.3 is 5.73 Å². The Hall–Kier alpha value is -2.03. The maximum Gasteiger partial charge on any atom is 0.184 e. The van der Waals surface area contributed by atoms with Crippen molar-refractivity contribution in [3.05, 3.63) is 24.0 Å². The maximum absolute atomic E-state index is 13.4. The molecule has 1 atom stereocenters. The van der Waals surface area contributed by atoms with Gasteiger partial charge in [-0.1, -0.05) is 0 Å². The zero-order valence-corrected chi connectivity index (χ0v) is 12.1. The fourth-order valence-electron chi connectivity index (χ4n) is 2.60. The van der Waals surface area contributed by atoms with Gasteiger partial charge in [0.15, 0.2) is 15.7 Å². The molecule has 1 aliphatic rings. The summed E-state index contributed by atoms with van der Waals surface area (Å²) in [4.78, 5) is 0. The van der Waals surface area contributed by atoms with Crippen LogP contribution in [0.4, 0.5) is 10.1 Å². The lowest BCUT2D eigenvalue weighted by molar-refractivity contribution is 0.325. The van der Waals surface area contributed by atoms with Gasteiger partial charge in [-0.2, -0.15) is 0 Å². The highest BCUT2D eigenvalue weighted by atomic mass is 32.2. The summed E-state index contributed by atoms with van der Waals surface area (Å²) in [7, 11) is -3.12. The number of benzene rings is 1. The first-order valence-corrected chi connectivity index (χ1v) is 8.18. The molecule has 1 unspecified atom stereocenters. The normalized spacial score (nSPS) is 24.3. The Balaban J connectivity index is 2.12. The van der Waals surface area contributed by atoms with Gasteiger partial charge in [-0.05, 0) is 42.0 Å². The van der Waals surface area contributed by atoms with Crippen LogP contribution in [0, 0.1) is 5.82 Å². The number of rotatable bonds is 2. The number of hydrogen-bond donors (Lipinski definition) is 1. The fraction of sp³-hybridized carbons (Fsp3) is 0.417. The first kappa shape index (κ1) is 13.9. The first-order valence-electron chi connectivity index (χ1n) is 6.35. The highest BCUT2D eigenvalue weighted by Crippen LogP contribution is 2.34. The molecule has 2 N–H and O–H groups in total. The number of sulfone groups is 1. The second-order valence-electron chi connectivity index (χ2n) is 5.48. The number of aromatic nitrogens is 4. The van der Waals surface area contributed by atoms with Gasteiger partial charge >= 0.3 is 0 Å². The molecule has 21 heavy (non-hydrogen) atoms. The van der Waals surface area contributed by atoms with Gasteiger partial charge in [-0.15, -0.1) is 5.10 Å². The maximum atomic E-state index is 13.4. The molecular weight excluding hydrogens is 297 g/mol. The quantitative estimate of drug-likeness (QED) is 0.814. The minimum atomic E-state index is -3.12. The summed E-state index contributed by atoms with van der Waals surface area (Å²) in [5, 5.41) is 11.4. The number of tetrazole rings is 1. The first-order chi connectivity index (χ1) is 9.81. The van der Waals surface area contributed by atoms with E-state index in [1.165, 1.54) is 22.9 Å². The van der Waals surface area contributed by atoms with E-state index < -0.39 is 21.2 Å². The van der Waals surface area contributed by atoms with Crippen LogP contribution >= 0.6 is 0 Å². The standard InChI is InChI=1S/C12H14FN5O2S/c1-12(4-5-21(19,20)7-12)18-11(15-16-17-18)9-6-8(13)2-3-10(9)14/h2-3,6H,4-5,7,14H2,1H3. The van der Waals surface area contributed by atoms with E-state index in [-0.39, 0.29) is 17.3 Å². The summed E-state index contributed by atoms with van der Waals surface area (Å²) in [6.07, 6.45) is 0.405. The van der Waals surface area contributed by atoms with Gasteiger partial charge in [0.25, 0.3) is 0 Å². The van der Waals surface area contributed by atoms with Gasteiger partial charge in [0.2, 0.25) is 0 Å². The minimum Gasteiger partial charge on any atom is -0.398 e. The van der Waals surface area contributed by atoms with E-state index >= 15 is 0 Å². The largest absolute Gasteiger partial charge is 0.398 e. The number of nitrogens with zero attached hydrogens (tertiary/aromatic N) is 4. The topological polar surface area (TPSA) is 104 Å². The van der Waals surface area contributed by atoms with E-state index in [1.54, 1.807) is 6.92 Å². The van der Waals surface area contributed by atoms with Crippen LogP contribution in [0.25, 0.3) is 11.4 Å². The summed E-state index contributed by atoms with van der Waals surface area (Å²) >= 11 is 0. The fourth-order valence-corrected chi connectivity index (χ4v) is 4.71. The molecule has 1 saturated heterocycles. The summed E-state index contributed by atoms with van der Waals surface area (Å²) in [5.74, 6) is -0.154. The van der Waals surface area contributed by atoms with Crippen LogP contribution in [-0.4, -0.2) is 40.1 Å².